The Balaban J connectivity index is 2.61. The topological polar surface area (TPSA) is 55.1 Å². The Kier molecular flexibility index (Phi) is 3.64. The van der Waals surface area contributed by atoms with Gasteiger partial charge in [0.2, 0.25) is 0 Å². The zero-order valence-corrected chi connectivity index (χ0v) is 8.23. The molecule has 3 N–H and O–H groups in total. The first-order chi connectivity index (χ1) is 6.22. The number of aryl methyl sites for hydroxylation is 1. The second-order valence-electron chi connectivity index (χ2n) is 2.57. The Morgan fingerprint density at radius 1 is 1.62 bits per heavy atom. The van der Waals surface area contributed by atoms with Gasteiger partial charge in [0.15, 0.2) is 0 Å². The molecule has 0 fully saturated rings. The van der Waals surface area contributed by atoms with Gasteiger partial charge in [0.1, 0.15) is 0 Å². The van der Waals surface area contributed by atoms with E-state index >= 15 is 0 Å². The standard InChI is InChI=1S/C9H12N2OS/c1-2-7-4-3-5-8(6-7)13-11-9(10)12/h3-6H,2H2,1H3,(H3,10,11,12). The molecular weight excluding hydrogens is 184 g/mol. The van der Waals surface area contributed by atoms with Crippen LogP contribution < -0.4 is 10.5 Å². The van der Waals surface area contributed by atoms with Crippen LogP contribution in [0.15, 0.2) is 29.2 Å². The highest BCUT2D eigenvalue weighted by Crippen LogP contribution is 2.15. The van der Waals surface area contributed by atoms with E-state index in [1.807, 2.05) is 24.3 Å². The van der Waals surface area contributed by atoms with E-state index in [0.29, 0.717) is 0 Å². The first-order valence-corrected chi connectivity index (χ1v) is 4.85. The van der Waals surface area contributed by atoms with Crippen LogP contribution in [0.3, 0.4) is 0 Å². The number of nitrogens with one attached hydrogen (secondary N) is 1. The number of nitrogens with two attached hydrogens (primary N) is 1. The third kappa shape index (κ3) is 3.38. The second-order valence-corrected chi connectivity index (χ2v) is 3.45. The van der Waals surface area contributed by atoms with Crippen LogP contribution in [0.5, 0.6) is 0 Å². The van der Waals surface area contributed by atoms with E-state index in [2.05, 4.69) is 11.6 Å². The third-order valence-electron chi connectivity index (χ3n) is 1.58. The fourth-order valence-electron chi connectivity index (χ4n) is 0.938. The van der Waals surface area contributed by atoms with Crippen LogP contribution in [-0.4, -0.2) is 6.03 Å². The summed E-state index contributed by atoms with van der Waals surface area (Å²) in [6, 6.07) is 7.45. The van der Waals surface area contributed by atoms with Crippen LogP contribution in [0.25, 0.3) is 0 Å². The SMILES string of the molecule is CCc1cccc(SNC(N)=O)c1. The summed E-state index contributed by atoms with van der Waals surface area (Å²) in [5.41, 5.74) is 6.19. The van der Waals surface area contributed by atoms with Gasteiger partial charge in [-0.2, -0.15) is 0 Å². The van der Waals surface area contributed by atoms with E-state index in [1.165, 1.54) is 17.5 Å². The molecule has 0 heterocycles. The van der Waals surface area contributed by atoms with Crippen LogP contribution in [0.4, 0.5) is 4.79 Å². The smallest absolute Gasteiger partial charge is 0.322 e. The lowest BCUT2D eigenvalue weighted by Gasteiger charge is -2.02. The molecular formula is C9H12N2OS. The summed E-state index contributed by atoms with van der Waals surface area (Å²) in [7, 11) is 0. The van der Waals surface area contributed by atoms with Gasteiger partial charge in [-0.3, -0.25) is 4.72 Å². The molecule has 1 aromatic carbocycles. The van der Waals surface area contributed by atoms with E-state index < -0.39 is 6.03 Å². The molecule has 0 bridgehead atoms. The van der Waals surface area contributed by atoms with Crippen LogP contribution in [0.2, 0.25) is 0 Å². The van der Waals surface area contributed by atoms with Gasteiger partial charge in [0.05, 0.1) is 0 Å². The van der Waals surface area contributed by atoms with Crippen molar-refractivity contribution in [2.45, 2.75) is 18.2 Å². The van der Waals surface area contributed by atoms with Crippen molar-refractivity contribution in [3.8, 4) is 0 Å². The average molecular weight is 196 g/mol. The molecule has 0 saturated carbocycles. The van der Waals surface area contributed by atoms with E-state index in [-0.39, 0.29) is 0 Å². The summed E-state index contributed by atoms with van der Waals surface area (Å²) in [5.74, 6) is 0. The number of hydrogen-bond donors (Lipinski definition) is 2. The molecule has 4 heteroatoms. The highest BCUT2D eigenvalue weighted by Gasteiger charge is 1.96. The zero-order valence-electron chi connectivity index (χ0n) is 7.41. The fraction of sp³-hybridized carbons (Fsp3) is 0.222. The zero-order chi connectivity index (χ0) is 9.68. The number of hydrogen-bond acceptors (Lipinski definition) is 2. The lowest BCUT2D eigenvalue weighted by atomic mass is 10.2. The molecule has 1 rings (SSSR count). The lowest BCUT2D eigenvalue weighted by Crippen LogP contribution is -2.22. The van der Waals surface area contributed by atoms with Gasteiger partial charge in [-0.25, -0.2) is 4.79 Å². The number of rotatable bonds is 3. The first-order valence-electron chi connectivity index (χ1n) is 4.03. The van der Waals surface area contributed by atoms with Crippen molar-refractivity contribution in [1.29, 1.82) is 0 Å². The summed E-state index contributed by atoms with van der Waals surface area (Å²) in [6.45, 7) is 2.09. The molecule has 13 heavy (non-hydrogen) atoms. The van der Waals surface area contributed by atoms with Crippen LogP contribution >= 0.6 is 11.9 Å². The van der Waals surface area contributed by atoms with Crippen LogP contribution in [0, 0.1) is 0 Å². The molecule has 0 aliphatic heterocycles. The fourth-order valence-corrected chi connectivity index (χ4v) is 1.51. The molecule has 70 valence electrons. The number of carbonyl (C=O) groups excluding carboxylic acids is 1. The normalized spacial score (nSPS) is 9.62. The molecule has 3 nitrogen and oxygen atoms in total. The molecule has 2 amide bonds. The van der Waals surface area contributed by atoms with Crippen molar-refractivity contribution in [3.05, 3.63) is 29.8 Å². The van der Waals surface area contributed by atoms with Crippen molar-refractivity contribution in [1.82, 2.24) is 4.72 Å². The van der Waals surface area contributed by atoms with Gasteiger partial charge < -0.3 is 5.73 Å². The number of carbonyl (C=O) groups is 1. The van der Waals surface area contributed by atoms with E-state index in [0.717, 1.165) is 11.3 Å². The van der Waals surface area contributed by atoms with E-state index in [1.54, 1.807) is 0 Å². The van der Waals surface area contributed by atoms with Crippen LogP contribution in [0.1, 0.15) is 12.5 Å². The van der Waals surface area contributed by atoms with E-state index in [4.69, 9.17) is 5.73 Å². The van der Waals surface area contributed by atoms with E-state index in [9.17, 15) is 4.79 Å². The van der Waals surface area contributed by atoms with Crippen LogP contribution in [-0.2, 0) is 6.42 Å². The summed E-state index contributed by atoms with van der Waals surface area (Å²) in [4.78, 5) is 11.4. The largest absolute Gasteiger partial charge is 0.351 e. The summed E-state index contributed by atoms with van der Waals surface area (Å²) in [6.07, 6.45) is 0.991. The minimum absolute atomic E-state index is 0.521. The predicted octanol–water partition coefficient (Wildman–Crippen LogP) is 1.92. The molecule has 0 aromatic heterocycles. The Hall–Kier alpha value is -1.16. The summed E-state index contributed by atoms with van der Waals surface area (Å²) >= 11 is 1.23. The van der Waals surface area contributed by atoms with Crippen molar-refractivity contribution in [2.24, 2.45) is 5.73 Å². The first kappa shape index (κ1) is 9.92. The molecule has 0 aliphatic carbocycles. The number of amides is 2. The number of benzene rings is 1. The van der Waals surface area contributed by atoms with Gasteiger partial charge in [0, 0.05) is 4.90 Å². The Morgan fingerprint density at radius 3 is 3.00 bits per heavy atom. The minimum Gasteiger partial charge on any atom is -0.351 e. The quantitative estimate of drug-likeness (QED) is 0.726. The maximum atomic E-state index is 10.4. The van der Waals surface area contributed by atoms with Gasteiger partial charge >= 0.3 is 6.03 Å². The highest BCUT2D eigenvalue weighted by molar-refractivity contribution is 7.98. The lowest BCUT2D eigenvalue weighted by molar-refractivity contribution is 0.254. The van der Waals surface area contributed by atoms with Crippen molar-refractivity contribution >= 4 is 18.0 Å². The summed E-state index contributed by atoms with van der Waals surface area (Å²) in [5, 5.41) is 0. The highest BCUT2D eigenvalue weighted by atomic mass is 32.2. The Labute approximate surface area is 81.8 Å². The monoisotopic (exact) mass is 196 g/mol. The molecule has 0 atom stereocenters. The second kappa shape index (κ2) is 4.77. The van der Waals surface area contributed by atoms with Crippen molar-refractivity contribution in [2.75, 3.05) is 0 Å². The molecule has 0 aliphatic rings. The van der Waals surface area contributed by atoms with Gasteiger partial charge in [-0.05, 0) is 36.1 Å². The minimum atomic E-state index is -0.521. The maximum Gasteiger partial charge on any atom is 0.322 e. The molecule has 0 radical (unpaired) electrons. The molecule has 0 spiro atoms. The summed E-state index contributed by atoms with van der Waals surface area (Å²) < 4.78 is 2.47. The third-order valence-corrected chi connectivity index (χ3v) is 2.37. The maximum absolute atomic E-state index is 10.4. The number of primary amides is 1. The Morgan fingerprint density at radius 2 is 2.38 bits per heavy atom. The van der Waals surface area contributed by atoms with Gasteiger partial charge in [0.25, 0.3) is 0 Å². The van der Waals surface area contributed by atoms with Gasteiger partial charge in [-0.15, -0.1) is 0 Å². The van der Waals surface area contributed by atoms with Crippen molar-refractivity contribution in [3.63, 3.8) is 0 Å². The van der Waals surface area contributed by atoms with Gasteiger partial charge in [-0.1, -0.05) is 19.1 Å². The number of urea groups is 1. The average Bonchev–Trinajstić information content (AvgIpc) is 2.15. The molecule has 0 unspecified atom stereocenters. The predicted molar refractivity (Wildman–Crippen MR) is 54.4 cm³/mol. The molecule has 1 aromatic rings. The molecule has 0 saturated heterocycles. The Bertz CT molecular complexity index is 301. The van der Waals surface area contributed by atoms with Crippen molar-refractivity contribution < 1.29 is 4.79 Å².